The van der Waals surface area contributed by atoms with Crippen LogP contribution in [-0.2, 0) is 6.54 Å². The molecule has 4 aromatic rings. The summed E-state index contributed by atoms with van der Waals surface area (Å²) in [5.74, 6) is 0.328. The lowest BCUT2D eigenvalue weighted by Gasteiger charge is -2.38. The van der Waals surface area contributed by atoms with Gasteiger partial charge in [0.25, 0.3) is 5.91 Å². The highest BCUT2D eigenvalue weighted by Crippen LogP contribution is 2.33. The van der Waals surface area contributed by atoms with E-state index in [4.69, 9.17) is 16.1 Å². The van der Waals surface area contributed by atoms with Crippen LogP contribution in [0.2, 0.25) is 5.02 Å². The summed E-state index contributed by atoms with van der Waals surface area (Å²) in [6.07, 6.45) is 5.09. The topological polar surface area (TPSA) is 108 Å². The SMILES string of the molecule is Cc1onc(-c2ccccc2Cl)c1C(=O)N1CC(n2cc(Cn3nccn3)nn2)C1. The number of hydrogen-bond acceptors (Lipinski definition) is 7. The molecule has 10 nitrogen and oxygen atoms in total. The molecule has 152 valence electrons. The molecule has 0 saturated carbocycles. The molecular weight excluding hydrogens is 408 g/mol. The molecule has 0 N–H and O–H groups in total. The number of carbonyl (C=O) groups excluding carboxylic acids is 1. The Hall–Kier alpha value is -3.53. The van der Waals surface area contributed by atoms with Crippen LogP contribution in [0.3, 0.4) is 0 Å². The summed E-state index contributed by atoms with van der Waals surface area (Å²) in [6, 6.07) is 7.32. The van der Waals surface area contributed by atoms with Crippen LogP contribution < -0.4 is 0 Å². The van der Waals surface area contributed by atoms with Gasteiger partial charge in [-0.2, -0.15) is 15.0 Å². The molecule has 0 spiro atoms. The molecule has 1 aliphatic rings. The lowest BCUT2D eigenvalue weighted by atomic mass is 10.0. The van der Waals surface area contributed by atoms with Crippen molar-refractivity contribution in [2.24, 2.45) is 0 Å². The molecule has 5 rings (SSSR count). The highest BCUT2D eigenvalue weighted by Gasteiger charge is 2.36. The Morgan fingerprint density at radius 1 is 1.23 bits per heavy atom. The molecule has 0 radical (unpaired) electrons. The second kappa shape index (κ2) is 7.38. The molecule has 30 heavy (non-hydrogen) atoms. The zero-order chi connectivity index (χ0) is 20.7. The van der Waals surface area contributed by atoms with E-state index in [1.54, 1.807) is 35.0 Å². The number of halogens is 1. The van der Waals surface area contributed by atoms with E-state index >= 15 is 0 Å². The third-order valence-electron chi connectivity index (χ3n) is 5.06. The van der Waals surface area contributed by atoms with Crippen molar-refractivity contribution in [2.45, 2.75) is 19.5 Å². The van der Waals surface area contributed by atoms with Crippen LogP contribution >= 0.6 is 11.6 Å². The summed E-state index contributed by atoms with van der Waals surface area (Å²) in [7, 11) is 0. The van der Waals surface area contributed by atoms with Crippen molar-refractivity contribution in [1.29, 1.82) is 0 Å². The van der Waals surface area contributed by atoms with Crippen LogP contribution in [0.5, 0.6) is 0 Å². The number of carbonyl (C=O) groups is 1. The van der Waals surface area contributed by atoms with Gasteiger partial charge in [0.1, 0.15) is 29.3 Å². The highest BCUT2D eigenvalue weighted by molar-refractivity contribution is 6.33. The molecule has 1 aliphatic heterocycles. The summed E-state index contributed by atoms with van der Waals surface area (Å²) in [5, 5.41) is 21.1. The van der Waals surface area contributed by atoms with Crippen molar-refractivity contribution in [2.75, 3.05) is 13.1 Å². The zero-order valence-electron chi connectivity index (χ0n) is 16.0. The van der Waals surface area contributed by atoms with E-state index in [0.29, 0.717) is 47.2 Å². The zero-order valence-corrected chi connectivity index (χ0v) is 16.8. The Morgan fingerprint density at radius 3 is 2.77 bits per heavy atom. The van der Waals surface area contributed by atoms with Gasteiger partial charge < -0.3 is 9.42 Å². The number of benzene rings is 1. The standard InChI is InChI=1S/C19H17ClN8O2/c1-12-17(18(24-30-12)15-4-2-3-5-16(15)20)19(29)26-10-14(11-26)27-8-13(23-25-27)9-28-21-6-7-22-28/h2-8,14H,9-11H2,1H3. The fourth-order valence-electron chi connectivity index (χ4n) is 3.44. The lowest BCUT2D eigenvalue weighted by Crippen LogP contribution is -2.51. The van der Waals surface area contributed by atoms with Crippen molar-refractivity contribution >= 4 is 17.5 Å². The average Bonchev–Trinajstić information content (AvgIpc) is 3.43. The second-order valence-corrected chi connectivity index (χ2v) is 7.46. The molecule has 0 bridgehead atoms. The summed E-state index contributed by atoms with van der Waals surface area (Å²) in [6.45, 7) is 3.22. The van der Waals surface area contributed by atoms with Crippen molar-refractivity contribution in [3.8, 4) is 11.3 Å². The highest BCUT2D eigenvalue weighted by atomic mass is 35.5. The summed E-state index contributed by atoms with van der Waals surface area (Å²) >= 11 is 6.29. The minimum absolute atomic E-state index is 0.0599. The fraction of sp³-hybridized carbons (Fsp3) is 0.263. The van der Waals surface area contributed by atoms with Gasteiger partial charge in [0, 0.05) is 18.7 Å². The Morgan fingerprint density at radius 2 is 2.00 bits per heavy atom. The van der Waals surface area contributed by atoms with E-state index in [0.717, 1.165) is 5.69 Å². The first-order valence-electron chi connectivity index (χ1n) is 9.35. The first-order valence-corrected chi connectivity index (χ1v) is 9.73. The summed E-state index contributed by atoms with van der Waals surface area (Å²) in [4.78, 5) is 16.4. The van der Waals surface area contributed by atoms with Gasteiger partial charge in [0.15, 0.2) is 0 Å². The normalized spacial score (nSPS) is 14.1. The van der Waals surface area contributed by atoms with Gasteiger partial charge in [0.05, 0.1) is 29.7 Å². The Bertz CT molecular complexity index is 1190. The molecule has 0 unspecified atom stereocenters. The molecule has 1 saturated heterocycles. The van der Waals surface area contributed by atoms with Gasteiger partial charge in [-0.25, -0.2) is 4.68 Å². The monoisotopic (exact) mass is 424 g/mol. The van der Waals surface area contributed by atoms with E-state index in [9.17, 15) is 4.79 Å². The predicted octanol–water partition coefficient (Wildman–Crippen LogP) is 2.23. The summed E-state index contributed by atoms with van der Waals surface area (Å²) < 4.78 is 7.09. The van der Waals surface area contributed by atoms with Gasteiger partial charge >= 0.3 is 0 Å². The number of aromatic nitrogens is 7. The number of nitrogens with zero attached hydrogens (tertiary/aromatic N) is 8. The van der Waals surface area contributed by atoms with Crippen LogP contribution in [0, 0.1) is 6.92 Å². The maximum Gasteiger partial charge on any atom is 0.259 e. The van der Waals surface area contributed by atoms with Gasteiger partial charge in [0.2, 0.25) is 0 Å². The third kappa shape index (κ3) is 3.24. The van der Waals surface area contributed by atoms with Gasteiger partial charge in [-0.15, -0.1) is 5.10 Å². The van der Waals surface area contributed by atoms with Crippen LogP contribution in [0.1, 0.15) is 27.9 Å². The van der Waals surface area contributed by atoms with E-state index < -0.39 is 0 Å². The number of likely N-dealkylation sites (tertiary alicyclic amines) is 1. The number of rotatable bonds is 5. The van der Waals surface area contributed by atoms with E-state index in [1.165, 1.54) is 4.80 Å². The van der Waals surface area contributed by atoms with Crippen molar-refractivity contribution in [1.82, 2.24) is 40.0 Å². The van der Waals surface area contributed by atoms with E-state index in [1.807, 2.05) is 24.4 Å². The first-order chi connectivity index (χ1) is 14.6. The number of aryl methyl sites for hydroxylation is 1. The molecule has 11 heteroatoms. The third-order valence-corrected chi connectivity index (χ3v) is 5.39. The molecule has 0 atom stereocenters. The Labute approximate surface area is 176 Å². The van der Waals surface area contributed by atoms with Gasteiger partial charge in [-0.1, -0.05) is 40.2 Å². The maximum atomic E-state index is 13.1. The van der Waals surface area contributed by atoms with E-state index in [2.05, 4.69) is 25.7 Å². The lowest BCUT2D eigenvalue weighted by molar-refractivity contribution is 0.0497. The average molecular weight is 425 g/mol. The Kier molecular flexibility index (Phi) is 4.55. The quantitative estimate of drug-likeness (QED) is 0.483. The van der Waals surface area contributed by atoms with Crippen LogP contribution in [0.4, 0.5) is 0 Å². The molecule has 1 amide bonds. The van der Waals surface area contributed by atoms with E-state index in [-0.39, 0.29) is 11.9 Å². The fourth-order valence-corrected chi connectivity index (χ4v) is 3.67. The molecule has 1 fully saturated rings. The van der Waals surface area contributed by atoms with Crippen molar-refractivity contribution < 1.29 is 9.32 Å². The largest absolute Gasteiger partial charge is 0.360 e. The minimum atomic E-state index is -0.138. The number of amides is 1. The molecular formula is C19H17ClN8O2. The van der Waals surface area contributed by atoms with Crippen molar-refractivity contribution in [3.05, 3.63) is 64.9 Å². The molecule has 0 aliphatic carbocycles. The molecule has 4 heterocycles. The van der Waals surface area contributed by atoms with Crippen LogP contribution in [-0.4, -0.2) is 59.0 Å². The number of hydrogen-bond donors (Lipinski definition) is 0. The van der Waals surface area contributed by atoms with Gasteiger partial charge in [-0.05, 0) is 13.0 Å². The van der Waals surface area contributed by atoms with Crippen LogP contribution in [0.15, 0.2) is 47.4 Å². The predicted molar refractivity (Wildman–Crippen MR) is 106 cm³/mol. The molecule has 1 aromatic carbocycles. The minimum Gasteiger partial charge on any atom is -0.360 e. The molecule has 3 aromatic heterocycles. The smallest absolute Gasteiger partial charge is 0.259 e. The van der Waals surface area contributed by atoms with Gasteiger partial charge in [-0.3, -0.25) is 4.79 Å². The van der Waals surface area contributed by atoms with Crippen LogP contribution in [0.25, 0.3) is 11.3 Å². The second-order valence-electron chi connectivity index (χ2n) is 7.06. The maximum absolute atomic E-state index is 13.1. The van der Waals surface area contributed by atoms with Crippen molar-refractivity contribution in [3.63, 3.8) is 0 Å². The first kappa shape index (κ1) is 18.5. The summed E-state index contributed by atoms with van der Waals surface area (Å²) in [5.41, 5.74) is 2.32. The Balaban J connectivity index is 1.29.